The molecular formula is C15H22N2O2. The van der Waals surface area contributed by atoms with Crippen LogP contribution in [0.4, 0.5) is 5.69 Å². The number of carbonyl (C=O) groups is 2. The zero-order valence-electron chi connectivity index (χ0n) is 12.0. The van der Waals surface area contributed by atoms with Gasteiger partial charge in [-0.15, -0.1) is 0 Å². The molecule has 0 atom stereocenters. The molecule has 2 amide bonds. The quantitative estimate of drug-likeness (QED) is 0.856. The highest BCUT2D eigenvalue weighted by Gasteiger charge is 2.07. The van der Waals surface area contributed by atoms with Gasteiger partial charge in [0.15, 0.2) is 0 Å². The van der Waals surface area contributed by atoms with Crippen molar-refractivity contribution in [3.8, 4) is 0 Å². The fraction of sp³-hybridized carbons (Fsp3) is 0.467. The molecule has 2 N–H and O–H groups in total. The Bertz CT molecular complexity index is 467. The van der Waals surface area contributed by atoms with Crippen LogP contribution in [0.15, 0.2) is 18.2 Å². The van der Waals surface area contributed by atoms with Gasteiger partial charge >= 0.3 is 0 Å². The zero-order valence-corrected chi connectivity index (χ0v) is 12.0. The first-order valence-electron chi connectivity index (χ1n) is 6.52. The van der Waals surface area contributed by atoms with Gasteiger partial charge in [0.1, 0.15) is 0 Å². The van der Waals surface area contributed by atoms with Crippen LogP contribution in [-0.2, 0) is 9.59 Å². The minimum absolute atomic E-state index is 0.0124. The highest BCUT2D eigenvalue weighted by molar-refractivity contribution is 5.94. The summed E-state index contributed by atoms with van der Waals surface area (Å²) in [6, 6.07) is 5.74. The average Bonchev–Trinajstić information content (AvgIpc) is 2.30. The summed E-state index contributed by atoms with van der Waals surface area (Å²) in [5, 5.41) is 5.37. The standard InChI is InChI=1S/C15H22N2O2/c1-10(2)7-14(18)16-9-15(19)17-13-6-5-11(3)12(4)8-13/h5-6,8,10H,7,9H2,1-4H3,(H,16,18)(H,17,19). The van der Waals surface area contributed by atoms with Crippen molar-refractivity contribution in [3.05, 3.63) is 29.3 Å². The second-order valence-electron chi connectivity index (χ2n) is 5.22. The summed E-state index contributed by atoms with van der Waals surface area (Å²) in [6.07, 6.45) is 0.441. The fourth-order valence-corrected chi connectivity index (χ4v) is 1.65. The van der Waals surface area contributed by atoms with Crippen molar-refractivity contribution in [3.63, 3.8) is 0 Å². The number of amides is 2. The van der Waals surface area contributed by atoms with Gasteiger partial charge in [-0.2, -0.15) is 0 Å². The molecule has 0 bridgehead atoms. The van der Waals surface area contributed by atoms with Crippen LogP contribution in [-0.4, -0.2) is 18.4 Å². The normalized spacial score (nSPS) is 10.4. The Labute approximate surface area is 114 Å². The van der Waals surface area contributed by atoms with E-state index in [9.17, 15) is 9.59 Å². The first kappa shape index (κ1) is 15.2. The van der Waals surface area contributed by atoms with Crippen LogP contribution in [0.2, 0.25) is 0 Å². The molecular weight excluding hydrogens is 240 g/mol. The Balaban J connectivity index is 2.43. The average molecular weight is 262 g/mol. The first-order chi connectivity index (χ1) is 8.88. The molecule has 0 unspecified atom stereocenters. The van der Waals surface area contributed by atoms with Gasteiger partial charge in [0.2, 0.25) is 11.8 Å². The van der Waals surface area contributed by atoms with Crippen LogP contribution in [0.25, 0.3) is 0 Å². The minimum atomic E-state index is -0.208. The Morgan fingerprint density at radius 3 is 2.37 bits per heavy atom. The summed E-state index contributed by atoms with van der Waals surface area (Å²) < 4.78 is 0. The molecule has 19 heavy (non-hydrogen) atoms. The highest BCUT2D eigenvalue weighted by Crippen LogP contribution is 2.13. The van der Waals surface area contributed by atoms with Crippen LogP contribution in [0, 0.1) is 19.8 Å². The third-order valence-electron chi connectivity index (χ3n) is 2.83. The lowest BCUT2D eigenvalue weighted by atomic mass is 10.1. The molecule has 0 aliphatic rings. The Morgan fingerprint density at radius 1 is 1.11 bits per heavy atom. The van der Waals surface area contributed by atoms with Crippen LogP contribution < -0.4 is 10.6 Å². The SMILES string of the molecule is Cc1ccc(NC(=O)CNC(=O)CC(C)C)cc1C. The van der Waals surface area contributed by atoms with E-state index in [1.807, 2.05) is 45.9 Å². The molecule has 0 radical (unpaired) electrons. The van der Waals surface area contributed by atoms with Gasteiger partial charge in [0, 0.05) is 12.1 Å². The Hall–Kier alpha value is -1.84. The molecule has 0 spiro atoms. The summed E-state index contributed by atoms with van der Waals surface area (Å²) in [7, 11) is 0. The van der Waals surface area contributed by atoms with Gasteiger partial charge in [-0.25, -0.2) is 0 Å². The minimum Gasteiger partial charge on any atom is -0.347 e. The molecule has 0 aliphatic carbocycles. The smallest absolute Gasteiger partial charge is 0.243 e. The molecule has 1 aromatic carbocycles. The predicted molar refractivity (Wildman–Crippen MR) is 77.0 cm³/mol. The molecule has 0 saturated heterocycles. The molecule has 0 aromatic heterocycles. The van der Waals surface area contributed by atoms with Crippen molar-refractivity contribution < 1.29 is 9.59 Å². The molecule has 1 aromatic rings. The second-order valence-corrected chi connectivity index (χ2v) is 5.22. The van der Waals surface area contributed by atoms with Crippen LogP contribution in [0.3, 0.4) is 0 Å². The second kappa shape index (κ2) is 6.92. The molecule has 0 saturated carbocycles. The molecule has 0 fully saturated rings. The molecule has 104 valence electrons. The summed E-state index contributed by atoms with van der Waals surface area (Å²) in [6.45, 7) is 7.96. The lowest BCUT2D eigenvalue weighted by Gasteiger charge is -2.09. The summed E-state index contributed by atoms with van der Waals surface area (Å²) in [5.74, 6) is -0.00611. The van der Waals surface area contributed by atoms with E-state index >= 15 is 0 Å². The lowest BCUT2D eigenvalue weighted by molar-refractivity contribution is -0.124. The van der Waals surface area contributed by atoms with E-state index in [1.54, 1.807) is 0 Å². The summed E-state index contributed by atoms with van der Waals surface area (Å²) >= 11 is 0. The summed E-state index contributed by atoms with van der Waals surface area (Å²) in [4.78, 5) is 23.1. The van der Waals surface area contributed by atoms with E-state index in [0.717, 1.165) is 11.3 Å². The number of carbonyl (C=O) groups excluding carboxylic acids is 2. The van der Waals surface area contributed by atoms with Crippen LogP contribution in [0.5, 0.6) is 0 Å². The van der Waals surface area contributed by atoms with Crippen molar-refractivity contribution in [2.45, 2.75) is 34.1 Å². The topological polar surface area (TPSA) is 58.2 Å². The first-order valence-corrected chi connectivity index (χ1v) is 6.52. The number of benzene rings is 1. The molecule has 1 rings (SSSR count). The maximum Gasteiger partial charge on any atom is 0.243 e. The number of anilines is 1. The van der Waals surface area contributed by atoms with E-state index in [-0.39, 0.29) is 18.4 Å². The maximum atomic E-state index is 11.7. The van der Waals surface area contributed by atoms with E-state index in [1.165, 1.54) is 5.56 Å². The largest absolute Gasteiger partial charge is 0.347 e. The monoisotopic (exact) mass is 262 g/mol. The van der Waals surface area contributed by atoms with Gasteiger partial charge in [-0.3, -0.25) is 9.59 Å². The van der Waals surface area contributed by atoms with Crippen molar-refractivity contribution in [2.24, 2.45) is 5.92 Å². The van der Waals surface area contributed by atoms with Crippen LogP contribution in [0.1, 0.15) is 31.4 Å². The Morgan fingerprint density at radius 2 is 1.79 bits per heavy atom. The number of rotatable bonds is 5. The third kappa shape index (κ3) is 5.55. The van der Waals surface area contributed by atoms with Gasteiger partial charge in [0.25, 0.3) is 0 Å². The van der Waals surface area contributed by atoms with E-state index < -0.39 is 0 Å². The highest BCUT2D eigenvalue weighted by atomic mass is 16.2. The number of hydrogen-bond acceptors (Lipinski definition) is 2. The van der Waals surface area contributed by atoms with Crippen molar-refractivity contribution in [1.82, 2.24) is 5.32 Å². The fourth-order valence-electron chi connectivity index (χ4n) is 1.65. The van der Waals surface area contributed by atoms with Crippen molar-refractivity contribution in [1.29, 1.82) is 0 Å². The predicted octanol–water partition coefficient (Wildman–Crippen LogP) is 2.40. The molecule has 0 aliphatic heterocycles. The molecule has 4 heteroatoms. The van der Waals surface area contributed by atoms with Gasteiger partial charge in [-0.1, -0.05) is 19.9 Å². The lowest BCUT2D eigenvalue weighted by Crippen LogP contribution is -2.33. The Kier molecular flexibility index (Phi) is 5.55. The number of nitrogens with one attached hydrogen (secondary N) is 2. The van der Waals surface area contributed by atoms with Gasteiger partial charge < -0.3 is 10.6 Å². The zero-order chi connectivity index (χ0) is 14.4. The number of hydrogen-bond donors (Lipinski definition) is 2. The third-order valence-corrected chi connectivity index (χ3v) is 2.83. The van der Waals surface area contributed by atoms with Crippen LogP contribution >= 0.6 is 0 Å². The van der Waals surface area contributed by atoms with Crippen molar-refractivity contribution >= 4 is 17.5 Å². The van der Waals surface area contributed by atoms with E-state index in [2.05, 4.69) is 10.6 Å². The molecule has 0 heterocycles. The van der Waals surface area contributed by atoms with Gasteiger partial charge in [0.05, 0.1) is 6.54 Å². The summed E-state index contributed by atoms with van der Waals surface area (Å²) in [5.41, 5.74) is 3.07. The van der Waals surface area contributed by atoms with E-state index in [0.29, 0.717) is 12.3 Å². The maximum absolute atomic E-state index is 11.7. The number of aryl methyl sites for hydroxylation is 2. The van der Waals surface area contributed by atoms with Gasteiger partial charge in [-0.05, 0) is 43.0 Å². The van der Waals surface area contributed by atoms with E-state index in [4.69, 9.17) is 0 Å². The van der Waals surface area contributed by atoms with Crippen molar-refractivity contribution in [2.75, 3.05) is 11.9 Å². The molecule has 4 nitrogen and oxygen atoms in total.